The number of hydrogen-bond acceptors (Lipinski definition) is 2. The van der Waals surface area contributed by atoms with Crippen molar-refractivity contribution in [3.05, 3.63) is 64.7 Å². The predicted octanol–water partition coefficient (Wildman–Crippen LogP) is 5.65. The first-order valence-electron chi connectivity index (χ1n) is 8.71. The summed E-state index contributed by atoms with van der Waals surface area (Å²) in [6.07, 6.45) is 10.0. The Labute approximate surface area is 144 Å². The molecule has 0 aromatic heterocycles. The summed E-state index contributed by atoms with van der Waals surface area (Å²) >= 11 is 0. The van der Waals surface area contributed by atoms with Gasteiger partial charge in [0, 0.05) is 6.21 Å². The smallest absolute Gasteiger partial charge is 0.0896 e. The van der Waals surface area contributed by atoms with Crippen molar-refractivity contribution in [3.63, 3.8) is 0 Å². The van der Waals surface area contributed by atoms with E-state index in [9.17, 15) is 5.11 Å². The molecule has 1 aliphatic rings. The number of nitrogens with zero attached hydrogens (tertiary/aromatic N) is 1. The maximum atomic E-state index is 10.6. The van der Waals surface area contributed by atoms with Crippen LogP contribution in [-0.2, 0) is 5.60 Å². The number of benzene rings is 2. The molecule has 2 aromatic rings. The van der Waals surface area contributed by atoms with E-state index in [-0.39, 0.29) is 0 Å². The first kappa shape index (κ1) is 16.7. The zero-order valence-corrected chi connectivity index (χ0v) is 14.5. The monoisotopic (exact) mass is 319 g/mol. The molecule has 1 saturated carbocycles. The summed E-state index contributed by atoms with van der Waals surface area (Å²) in [4.78, 5) is 4.40. The van der Waals surface area contributed by atoms with Gasteiger partial charge in [0.25, 0.3) is 0 Å². The molecule has 0 saturated heterocycles. The van der Waals surface area contributed by atoms with Gasteiger partial charge in [0.1, 0.15) is 0 Å². The molecule has 124 valence electrons. The molecule has 1 fully saturated rings. The van der Waals surface area contributed by atoms with Crippen LogP contribution in [-0.4, -0.2) is 11.3 Å². The lowest BCUT2D eigenvalue weighted by Gasteiger charge is -2.22. The average Bonchev–Trinajstić information content (AvgIpc) is 3.04. The molecular weight excluding hydrogens is 294 g/mol. The highest BCUT2D eigenvalue weighted by Gasteiger charge is 2.32. The molecule has 24 heavy (non-hydrogen) atoms. The topological polar surface area (TPSA) is 32.6 Å². The van der Waals surface area contributed by atoms with Crippen LogP contribution in [0, 0.1) is 6.92 Å². The van der Waals surface area contributed by atoms with Crippen molar-refractivity contribution in [1.29, 1.82) is 0 Å². The van der Waals surface area contributed by atoms with Crippen molar-refractivity contribution >= 4 is 24.1 Å². The Bertz CT molecular complexity index is 750. The van der Waals surface area contributed by atoms with Crippen molar-refractivity contribution in [2.24, 2.45) is 4.99 Å². The zero-order chi connectivity index (χ0) is 17.0. The van der Waals surface area contributed by atoms with Crippen LogP contribution in [0.1, 0.15) is 54.9 Å². The molecule has 0 spiro atoms. The Morgan fingerprint density at radius 3 is 2.25 bits per heavy atom. The lowest BCUT2D eigenvalue weighted by Crippen LogP contribution is -2.20. The highest BCUT2D eigenvalue weighted by atomic mass is 16.3. The minimum Gasteiger partial charge on any atom is -0.385 e. The Morgan fingerprint density at radius 1 is 0.958 bits per heavy atom. The number of aliphatic hydroxyl groups is 1. The summed E-state index contributed by atoms with van der Waals surface area (Å²) in [5.41, 5.74) is 4.91. The third-order valence-electron chi connectivity index (χ3n) is 4.85. The molecule has 0 amide bonds. The molecule has 1 N–H and O–H groups in total. The van der Waals surface area contributed by atoms with Gasteiger partial charge < -0.3 is 5.11 Å². The summed E-state index contributed by atoms with van der Waals surface area (Å²) in [5.74, 6) is 0. The predicted molar refractivity (Wildman–Crippen MR) is 103 cm³/mol. The van der Waals surface area contributed by atoms with Gasteiger partial charge in [-0.3, -0.25) is 4.99 Å². The molecular formula is C22H25NO. The normalized spacial score (nSPS) is 17.1. The van der Waals surface area contributed by atoms with Crippen LogP contribution < -0.4 is 0 Å². The van der Waals surface area contributed by atoms with Crippen molar-refractivity contribution in [1.82, 2.24) is 0 Å². The van der Waals surface area contributed by atoms with Gasteiger partial charge >= 0.3 is 0 Å². The van der Waals surface area contributed by atoms with E-state index >= 15 is 0 Å². The van der Waals surface area contributed by atoms with Gasteiger partial charge in [-0.05, 0) is 55.0 Å². The van der Waals surface area contributed by atoms with Crippen molar-refractivity contribution in [2.45, 2.75) is 45.1 Å². The molecule has 0 radical (unpaired) electrons. The van der Waals surface area contributed by atoms with Gasteiger partial charge in [-0.2, -0.15) is 0 Å². The van der Waals surface area contributed by atoms with Gasteiger partial charge in [0.15, 0.2) is 0 Å². The molecule has 1 aliphatic carbocycles. The van der Waals surface area contributed by atoms with Crippen LogP contribution in [0.3, 0.4) is 0 Å². The van der Waals surface area contributed by atoms with Crippen LogP contribution in [0.5, 0.6) is 0 Å². The van der Waals surface area contributed by atoms with E-state index < -0.39 is 5.60 Å². The van der Waals surface area contributed by atoms with E-state index in [1.165, 1.54) is 5.56 Å². The minimum atomic E-state index is -0.605. The second-order valence-corrected chi connectivity index (χ2v) is 6.63. The van der Waals surface area contributed by atoms with Crippen LogP contribution in [0.15, 0.2) is 47.5 Å². The minimum absolute atomic E-state index is 0.605. The van der Waals surface area contributed by atoms with Crippen molar-refractivity contribution in [3.8, 4) is 0 Å². The summed E-state index contributed by atoms with van der Waals surface area (Å²) < 4.78 is 0. The van der Waals surface area contributed by atoms with Crippen LogP contribution >= 0.6 is 0 Å². The average molecular weight is 319 g/mol. The van der Waals surface area contributed by atoms with Gasteiger partial charge in [-0.25, -0.2) is 0 Å². The summed E-state index contributed by atoms with van der Waals surface area (Å²) in [6, 6.07) is 14.6. The third-order valence-corrected chi connectivity index (χ3v) is 4.85. The SMILES string of the molecule is CC=Nc1cc(/C=C\c2ccc(C3(O)CCCC3)cc2)ccc1C. The quantitative estimate of drug-likeness (QED) is 0.573. The van der Waals surface area contributed by atoms with E-state index in [0.29, 0.717) is 0 Å². The number of hydrogen-bond donors (Lipinski definition) is 1. The number of rotatable bonds is 4. The second-order valence-electron chi connectivity index (χ2n) is 6.63. The first-order valence-corrected chi connectivity index (χ1v) is 8.71. The molecule has 0 aliphatic heterocycles. The lowest BCUT2D eigenvalue weighted by atomic mass is 9.91. The molecule has 2 aromatic carbocycles. The third kappa shape index (κ3) is 3.65. The highest BCUT2D eigenvalue weighted by molar-refractivity contribution is 5.72. The van der Waals surface area contributed by atoms with Gasteiger partial charge in [-0.15, -0.1) is 0 Å². The Hall–Kier alpha value is -2.19. The highest BCUT2D eigenvalue weighted by Crippen LogP contribution is 2.38. The largest absolute Gasteiger partial charge is 0.385 e. The van der Waals surface area contributed by atoms with E-state index in [1.54, 1.807) is 0 Å². The van der Waals surface area contributed by atoms with Crippen LogP contribution in [0.4, 0.5) is 5.69 Å². The van der Waals surface area contributed by atoms with Gasteiger partial charge in [0.05, 0.1) is 11.3 Å². The molecule has 0 atom stereocenters. The second kappa shape index (κ2) is 7.14. The maximum absolute atomic E-state index is 10.6. The van der Waals surface area contributed by atoms with E-state index in [0.717, 1.165) is 48.1 Å². The molecule has 3 rings (SSSR count). The molecule has 0 bridgehead atoms. The fraction of sp³-hybridized carbons (Fsp3) is 0.318. The first-order chi connectivity index (χ1) is 11.6. The van der Waals surface area contributed by atoms with Gasteiger partial charge in [0.2, 0.25) is 0 Å². The summed E-state index contributed by atoms with van der Waals surface area (Å²) in [7, 11) is 0. The molecule has 0 heterocycles. The Kier molecular flexibility index (Phi) is 4.96. The Balaban J connectivity index is 1.76. The van der Waals surface area contributed by atoms with Gasteiger partial charge in [-0.1, -0.05) is 61.4 Å². The van der Waals surface area contributed by atoms with Crippen molar-refractivity contribution in [2.75, 3.05) is 0 Å². The summed E-state index contributed by atoms with van der Waals surface area (Å²) in [6.45, 7) is 4.00. The Morgan fingerprint density at radius 2 is 1.58 bits per heavy atom. The zero-order valence-electron chi connectivity index (χ0n) is 14.5. The maximum Gasteiger partial charge on any atom is 0.0896 e. The molecule has 2 nitrogen and oxygen atoms in total. The van der Waals surface area contributed by atoms with E-state index in [4.69, 9.17) is 0 Å². The fourth-order valence-electron chi connectivity index (χ4n) is 3.35. The van der Waals surface area contributed by atoms with Crippen LogP contribution in [0.2, 0.25) is 0 Å². The molecule has 0 unspecified atom stereocenters. The standard InChI is InChI=1S/C22H25NO/c1-3-23-21-16-19(7-6-17(21)2)9-8-18-10-12-20(13-11-18)22(24)14-4-5-15-22/h3,6-13,16,24H,4-5,14-15H2,1-2H3/b9-8-,23-3?. The fourth-order valence-corrected chi connectivity index (χ4v) is 3.35. The summed E-state index contributed by atoms with van der Waals surface area (Å²) in [5, 5.41) is 10.6. The number of aliphatic imine (C=N–C) groups is 1. The van der Waals surface area contributed by atoms with Crippen LogP contribution in [0.25, 0.3) is 12.2 Å². The number of aryl methyl sites for hydroxylation is 1. The lowest BCUT2D eigenvalue weighted by molar-refractivity contribution is 0.0445. The van der Waals surface area contributed by atoms with E-state index in [2.05, 4.69) is 66.5 Å². The van der Waals surface area contributed by atoms with Crippen molar-refractivity contribution < 1.29 is 5.11 Å². The molecule has 2 heteroatoms. The van der Waals surface area contributed by atoms with E-state index in [1.807, 2.05) is 13.1 Å².